The fourth-order valence-electron chi connectivity index (χ4n) is 1.74. The first kappa shape index (κ1) is 16.9. The van der Waals surface area contributed by atoms with Crippen molar-refractivity contribution in [2.24, 2.45) is 0 Å². The van der Waals surface area contributed by atoms with E-state index in [1.165, 1.54) is 29.5 Å². The molecule has 0 bridgehead atoms. The minimum Gasteiger partial charge on any atom is -0.351 e. The van der Waals surface area contributed by atoms with E-state index in [9.17, 15) is 19.7 Å². The molecular weight excluding hydrogens is 342 g/mol. The lowest BCUT2D eigenvalue weighted by molar-refractivity contribution is -0.384. The number of halogens is 1. The lowest BCUT2D eigenvalue weighted by Crippen LogP contribution is -2.27. The molecule has 7 nitrogen and oxygen atoms in total. The maximum atomic E-state index is 11.8. The molecule has 120 valence electrons. The number of rotatable bonds is 6. The first-order chi connectivity index (χ1) is 11.0. The van der Waals surface area contributed by atoms with Gasteiger partial charge in [-0.2, -0.15) is 0 Å². The van der Waals surface area contributed by atoms with E-state index in [2.05, 4.69) is 10.6 Å². The van der Waals surface area contributed by atoms with Crippen LogP contribution in [0.2, 0.25) is 5.02 Å². The molecule has 0 aliphatic rings. The number of benzene rings is 1. The predicted octanol–water partition coefficient (Wildman–Crippen LogP) is 3.07. The molecule has 0 aliphatic carbocycles. The minimum absolute atomic E-state index is 0.00351. The molecule has 2 N–H and O–H groups in total. The Labute approximate surface area is 140 Å². The maximum Gasteiger partial charge on any atom is 0.289 e. The van der Waals surface area contributed by atoms with E-state index in [1.54, 1.807) is 17.5 Å². The number of thiophene rings is 1. The summed E-state index contributed by atoms with van der Waals surface area (Å²) in [5.41, 5.74) is -0.00820. The fourth-order valence-corrected chi connectivity index (χ4v) is 2.56. The Morgan fingerprint density at radius 3 is 2.74 bits per heavy atom. The predicted molar refractivity (Wildman–Crippen MR) is 88.0 cm³/mol. The normalized spacial score (nSPS) is 10.1. The molecule has 2 amide bonds. The molecule has 0 saturated heterocycles. The number of nitrogens with zero attached hydrogens (tertiary/aromatic N) is 1. The van der Waals surface area contributed by atoms with Crippen LogP contribution in [-0.2, 0) is 4.79 Å². The van der Waals surface area contributed by atoms with Gasteiger partial charge in [0, 0.05) is 24.7 Å². The Morgan fingerprint density at radius 2 is 2.09 bits per heavy atom. The third kappa shape index (κ3) is 4.76. The van der Waals surface area contributed by atoms with Crippen LogP contribution in [0.15, 0.2) is 35.7 Å². The number of amides is 2. The summed E-state index contributed by atoms with van der Waals surface area (Å²) in [6.45, 7) is 0.165. The molecule has 0 fully saturated rings. The number of nitro benzene ring substituents is 1. The van der Waals surface area contributed by atoms with E-state index in [1.807, 2.05) is 0 Å². The molecule has 2 rings (SSSR count). The second-order valence-corrected chi connectivity index (χ2v) is 5.81. The second-order valence-electron chi connectivity index (χ2n) is 4.45. The highest BCUT2D eigenvalue weighted by molar-refractivity contribution is 7.12. The number of hydrogen-bond donors (Lipinski definition) is 2. The molecular formula is C14H12ClN3O4S. The second kappa shape index (κ2) is 7.70. The first-order valence-corrected chi connectivity index (χ1v) is 7.78. The lowest BCUT2D eigenvalue weighted by Gasteiger charge is -2.06. The van der Waals surface area contributed by atoms with E-state index in [-0.39, 0.29) is 41.2 Å². The third-order valence-corrected chi connectivity index (χ3v) is 4.00. The summed E-state index contributed by atoms with van der Waals surface area (Å²) in [6.07, 6.45) is 0.0491. The van der Waals surface area contributed by atoms with Gasteiger partial charge in [0.2, 0.25) is 5.91 Å². The van der Waals surface area contributed by atoms with Gasteiger partial charge in [-0.25, -0.2) is 0 Å². The largest absolute Gasteiger partial charge is 0.351 e. The summed E-state index contributed by atoms with van der Waals surface area (Å²) in [5, 5.41) is 17.7. The zero-order valence-corrected chi connectivity index (χ0v) is 13.3. The smallest absolute Gasteiger partial charge is 0.289 e. The highest BCUT2D eigenvalue weighted by Crippen LogP contribution is 2.27. The van der Waals surface area contributed by atoms with Crippen LogP contribution in [0.25, 0.3) is 0 Å². The van der Waals surface area contributed by atoms with Crippen molar-refractivity contribution in [2.75, 3.05) is 11.9 Å². The fraction of sp³-hybridized carbons (Fsp3) is 0.143. The van der Waals surface area contributed by atoms with Crippen molar-refractivity contribution >= 4 is 46.1 Å². The summed E-state index contributed by atoms with van der Waals surface area (Å²) in [6, 6.07) is 7.45. The molecule has 1 heterocycles. The van der Waals surface area contributed by atoms with Gasteiger partial charge in [-0.1, -0.05) is 17.7 Å². The Balaban J connectivity index is 1.84. The summed E-state index contributed by atoms with van der Waals surface area (Å²) in [5.74, 6) is -0.608. The standard InChI is InChI=1S/C14H12ClN3O4S/c15-10-4-3-9(8-11(10)18(21)22)17-13(19)5-6-16-14(20)12-2-1-7-23-12/h1-4,7-8H,5-6H2,(H,16,20)(H,17,19). The van der Waals surface area contributed by atoms with Crippen molar-refractivity contribution in [1.29, 1.82) is 0 Å². The molecule has 0 atom stereocenters. The van der Waals surface area contributed by atoms with Crippen molar-refractivity contribution in [3.05, 3.63) is 55.7 Å². The van der Waals surface area contributed by atoms with Crippen LogP contribution < -0.4 is 10.6 Å². The zero-order chi connectivity index (χ0) is 16.8. The Bertz CT molecular complexity index is 734. The maximum absolute atomic E-state index is 11.8. The quantitative estimate of drug-likeness (QED) is 0.615. The van der Waals surface area contributed by atoms with Crippen molar-refractivity contribution < 1.29 is 14.5 Å². The van der Waals surface area contributed by atoms with Crippen LogP contribution in [0.5, 0.6) is 0 Å². The third-order valence-electron chi connectivity index (χ3n) is 2.81. The van der Waals surface area contributed by atoms with E-state index in [4.69, 9.17) is 11.6 Å². The highest BCUT2D eigenvalue weighted by atomic mass is 35.5. The van der Waals surface area contributed by atoms with Gasteiger partial charge in [-0.05, 0) is 23.6 Å². The average Bonchev–Trinajstić information content (AvgIpc) is 3.03. The average molecular weight is 354 g/mol. The van der Waals surface area contributed by atoms with Crippen LogP contribution in [0.1, 0.15) is 16.1 Å². The van der Waals surface area contributed by atoms with Crippen molar-refractivity contribution in [2.45, 2.75) is 6.42 Å². The molecule has 23 heavy (non-hydrogen) atoms. The summed E-state index contributed by atoms with van der Waals surface area (Å²) in [7, 11) is 0. The van der Waals surface area contributed by atoms with Gasteiger partial charge in [0.15, 0.2) is 0 Å². The van der Waals surface area contributed by atoms with Gasteiger partial charge in [0.1, 0.15) is 5.02 Å². The van der Waals surface area contributed by atoms with Gasteiger partial charge in [0.25, 0.3) is 11.6 Å². The monoisotopic (exact) mass is 353 g/mol. The van der Waals surface area contributed by atoms with Crippen molar-refractivity contribution in [3.63, 3.8) is 0 Å². The van der Waals surface area contributed by atoms with Gasteiger partial charge in [-0.3, -0.25) is 19.7 Å². The number of anilines is 1. The highest BCUT2D eigenvalue weighted by Gasteiger charge is 2.14. The van der Waals surface area contributed by atoms with E-state index < -0.39 is 4.92 Å². The van der Waals surface area contributed by atoms with Gasteiger partial charge >= 0.3 is 0 Å². The van der Waals surface area contributed by atoms with Gasteiger partial charge in [-0.15, -0.1) is 11.3 Å². The van der Waals surface area contributed by atoms with Crippen LogP contribution in [0.3, 0.4) is 0 Å². The molecule has 0 aliphatic heterocycles. The van der Waals surface area contributed by atoms with Crippen LogP contribution in [0, 0.1) is 10.1 Å². The van der Waals surface area contributed by atoms with Crippen LogP contribution >= 0.6 is 22.9 Å². The molecule has 0 saturated carbocycles. The van der Waals surface area contributed by atoms with Crippen molar-refractivity contribution in [3.8, 4) is 0 Å². The SMILES string of the molecule is O=C(CCNC(=O)c1cccs1)Nc1ccc(Cl)c([N+](=O)[O-])c1. The van der Waals surface area contributed by atoms with E-state index in [0.717, 1.165) is 0 Å². The number of hydrogen-bond acceptors (Lipinski definition) is 5. The molecule has 1 aromatic heterocycles. The van der Waals surface area contributed by atoms with Crippen LogP contribution in [0.4, 0.5) is 11.4 Å². The van der Waals surface area contributed by atoms with Crippen LogP contribution in [-0.4, -0.2) is 23.3 Å². The zero-order valence-electron chi connectivity index (χ0n) is 11.7. The number of nitro groups is 1. The Hall–Kier alpha value is -2.45. The summed E-state index contributed by atoms with van der Waals surface area (Å²) in [4.78, 5) is 34.2. The van der Waals surface area contributed by atoms with E-state index >= 15 is 0 Å². The molecule has 1 aromatic carbocycles. The number of carbonyl (C=O) groups excluding carboxylic acids is 2. The topological polar surface area (TPSA) is 101 Å². The summed E-state index contributed by atoms with van der Waals surface area (Å²) >= 11 is 7.00. The minimum atomic E-state index is -0.626. The molecule has 0 spiro atoms. The molecule has 0 radical (unpaired) electrons. The summed E-state index contributed by atoms with van der Waals surface area (Å²) < 4.78 is 0. The number of carbonyl (C=O) groups is 2. The van der Waals surface area contributed by atoms with Crippen molar-refractivity contribution in [1.82, 2.24) is 5.32 Å². The molecule has 0 unspecified atom stereocenters. The van der Waals surface area contributed by atoms with Gasteiger partial charge < -0.3 is 10.6 Å². The molecule has 9 heteroatoms. The van der Waals surface area contributed by atoms with Gasteiger partial charge in [0.05, 0.1) is 9.80 Å². The van der Waals surface area contributed by atoms with E-state index in [0.29, 0.717) is 4.88 Å². The number of nitrogens with one attached hydrogen (secondary N) is 2. The molecule has 2 aromatic rings. The lowest BCUT2D eigenvalue weighted by atomic mass is 10.2. The first-order valence-electron chi connectivity index (χ1n) is 6.53. The Kier molecular flexibility index (Phi) is 5.67. The Morgan fingerprint density at radius 1 is 1.30 bits per heavy atom.